The molecular weight excluding hydrogens is 443 g/mol. The van der Waals surface area contributed by atoms with Crippen LogP contribution in [0.5, 0.6) is 5.75 Å². The van der Waals surface area contributed by atoms with Crippen LogP contribution in [0.25, 0.3) is 0 Å². The van der Waals surface area contributed by atoms with Crippen LogP contribution in [0.4, 0.5) is 0 Å². The standard InChI is InChI=1S/C21H16IO4/c23-18-12-3-1-2-4-16(12)22-17-6-5-11(9-15(17)18)25-19-10-7-13-14(8-10)21(24)26-20(13)19/h1-6,9-10,13-14,19-20H,7-8H2/q-1. The Labute approximate surface area is 161 Å². The number of esters is 1. The van der Waals surface area contributed by atoms with Gasteiger partial charge in [-0.2, -0.15) is 0 Å². The van der Waals surface area contributed by atoms with E-state index in [0.717, 1.165) is 33.3 Å². The molecule has 2 heterocycles. The minimum atomic E-state index is -0.344. The Morgan fingerprint density at radius 2 is 1.85 bits per heavy atom. The van der Waals surface area contributed by atoms with Gasteiger partial charge in [0, 0.05) is 0 Å². The van der Waals surface area contributed by atoms with Crippen molar-refractivity contribution in [1.82, 2.24) is 0 Å². The Morgan fingerprint density at radius 3 is 2.77 bits per heavy atom. The average molecular weight is 459 g/mol. The van der Waals surface area contributed by atoms with Crippen LogP contribution in [0.1, 0.15) is 28.8 Å². The van der Waals surface area contributed by atoms with Crippen LogP contribution in [0.2, 0.25) is 0 Å². The summed E-state index contributed by atoms with van der Waals surface area (Å²) in [4.78, 5) is 24.8. The number of ketones is 1. The van der Waals surface area contributed by atoms with Crippen LogP contribution in [-0.2, 0) is 9.53 Å². The Bertz CT molecular complexity index is 968. The van der Waals surface area contributed by atoms with Gasteiger partial charge in [-0.05, 0) is 0 Å². The maximum absolute atomic E-state index is 12.9. The molecule has 3 fully saturated rings. The van der Waals surface area contributed by atoms with E-state index in [1.54, 1.807) is 0 Å². The van der Waals surface area contributed by atoms with Crippen LogP contribution in [-0.4, -0.2) is 24.0 Å². The van der Waals surface area contributed by atoms with Crippen LogP contribution >= 0.6 is 0 Å². The summed E-state index contributed by atoms with van der Waals surface area (Å²) in [6, 6.07) is 13.8. The molecule has 4 nitrogen and oxygen atoms in total. The Morgan fingerprint density at radius 1 is 1.00 bits per heavy atom. The molecule has 26 heavy (non-hydrogen) atoms. The van der Waals surface area contributed by atoms with Crippen molar-refractivity contribution >= 4 is 11.8 Å². The monoisotopic (exact) mass is 459 g/mol. The molecule has 5 atom stereocenters. The third kappa shape index (κ3) is 2.00. The quantitative estimate of drug-likeness (QED) is 0.390. The zero-order valence-electron chi connectivity index (χ0n) is 13.9. The number of hydrogen-bond acceptors (Lipinski definition) is 4. The van der Waals surface area contributed by atoms with E-state index in [2.05, 4.69) is 6.07 Å². The van der Waals surface area contributed by atoms with Crippen molar-refractivity contribution in [1.29, 1.82) is 0 Å². The van der Waals surface area contributed by atoms with Gasteiger partial charge < -0.3 is 0 Å². The summed E-state index contributed by atoms with van der Waals surface area (Å²) in [5.74, 6) is 1.58. The van der Waals surface area contributed by atoms with Crippen LogP contribution in [0.15, 0.2) is 42.5 Å². The van der Waals surface area contributed by atoms with Crippen molar-refractivity contribution in [3.05, 3.63) is 60.7 Å². The average Bonchev–Trinajstić information content (AvgIpc) is 3.28. The van der Waals surface area contributed by atoms with Gasteiger partial charge in [0.05, 0.1) is 0 Å². The second-order valence-electron chi connectivity index (χ2n) is 7.53. The minimum absolute atomic E-state index is 0.0458. The Hall–Kier alpha value is -1.89. The van der Waals surface area contributed by atoms with Gasteiger partial charge in [0.15, 0.2) is 0 Å². The fourth-order valence-corrected chi connectivity index (χ4v) is 7.82. The zero-order chi connectivity index (χ0) is 17.4. The van der Waals surface area contributed by atoms with Crippen LogP contribution < -0.4 is 25.9 Å². The van der Waals surface area contributed by atoms with Gasteiger partial charge in [-0.3, -0.25) is 0 Å². The van der Waals surface area contributed by atoms with Gasteiger partial charge in [0.2, 0.25) is 0 Å². The molecule has 0 N–H and O–H groups in total. The summed E-state index contributed by atoms with van der Waals surface area (Å²) in [5.41, 5.74) is 1.61. The molecule has 2 saturated carbocycles. The molecule has 2 bridgehead atoms. The summed E-state index contributed by atoms with van der Waals surface area (Å²) in [7, 11) is 0. The van der Waals surface area contributed by atoms with E-state index in [1.807, 2.05) is 36.4 Å². The fourth-order valence-electron chi connectivity index (χ4n) is 5.04. The molecule has 5 unspecified atom stereocenters. The van der Waals surface area contributed by atoms with Gasteiger partial charge >= 0.3 is 161 Å². The van der Waals surface area contributed by atoms with Gasteiger partial charge in [-0.25, -0.2) is 0 Å². The SMILES string of the molecule is O=C1c2ccccc2[I-]c2ccc(OC3C4CC5C(=O)OC3C5C4)cc21. The molecule has 6 rings (SSSR count). The molecule has 1 saturated heterocycles. The fraction of sp³-hybridized carbons (Fsp3) is 0.333. The normalized spacial score (nSPS) is 33.3. The van der Waals surface area contributed by atoms with E-state index in [9.17, 15) is 9.59 Å². The predicted octanol–water partition coefficient (Wildman–Crippen LogP) is -0.312. The van der Waals surface area contributed by atoms with E-state index in [1.165, 1.54) is 3.57 Å². The molecule has 4 aliphatic rings. The van der Waals surface area contributed by atoms with Crippen molar-refractivity contribution in [2.75, 3.05) is 0 Å². The molecular formula is C21H16IO4-. The number of carbonyl (C=O) groups excluding carboxylic acids is 2. The van der Waals surface area contributed by atoms with Gasteiger partial charge in [0.1, 0.15) is 0 Å². The second-order valence-corrected chi connectivity index (χ2v) is 10.4. The Balaban J connectivity index is 1.31. The predicted molar refractivity (Wildman–Crippen MR) is 87.7 cm³/mol. The van der Waals surface area contributed by atoms with Crippen molar-refractivity contribution in [3.8, 4) is 5.75 Å². The van der Waals surface area contributed by atoms with Crippen molar-refractivity contribution in [2.45, 2.75) is 25.0 Å². The molecule has 2 aliphatic heterocycles. The van der Waals surface area contributed by atoms with E-state index in [-0.39, 0.29) is 51.1 Å². The summed E-state index contributed by atoms with van der Waals surface area (Å²) in [6.07, 6.45) is 1.73. The zero-order valence-corrected chi connectivity index (χ0v) is 16.0. The number of ether oxygens (including phenoxy) is 2. The number of rotatable bonds is 2. The van der Waals surface area contributed by atoms with Gasteiger partial charge in [-0.15, -0.1) is 0 Å². The Kier molecular flexibility index (Phi) is 3.11. The van der Waals surface area contributed by atoms with Gasteiger partial charge in [0.25, 0.3) is 0 Å². The molecule has 132 valence electrons. The maximum atomic E-state index is 12.9. The first-order valence-electron chi connectivity index (χ1n) is 8.99. The van der Waals surface area contributed by atoms with Gasteiger partial charge in [-0.1, -0.05) is 0 Å². The molecule has 2 aliphatic carbocycles. The van der Waals surface area contributed by atoms with Crippen molar-refractivity contribution in [3.63, 3.8) is 0 Å². The first-order valence-corrected chi connectivity index (χ1v) is 11.1. The summed E-state index contributed by atoms with van der Waals surface area (Å²) in [6.45, 7) is 0. The third-order valence-corrected chi connectivity index (χ3v) is 9.23. The summed E-state index contributed by atoms with van der Waals surface area (Å²) in [5, 5.41) is 0. The molecule has 0 amide bonds. The van der Waals surface area contributed by atoms with E-state index in [0.29, 0.717) is 11.8 Å². The molecule has 0 radical (unpaired) electrons. The topological polar surface area (TPSA) is 52.6 Å². The number of fused-ring (bicyclic) bond motifs is 3. The molecule has 2 aromatic carbocycles. The third-order valence-electron chi connectivity index (χ3n) is 6.19. The summed E-state index contributed by atoms with van der Waals surface area (Å²) < 4.78 is 14.2. The summed E-state index contributed by atoms with van der Waals surface area (Å²) >= 11 is -0.344. The first kappa shape index (κ1) is 15.2. The number of benzene rings is 2. The van der Waals surface area contributed by atoms with Crippen molar-refractivity contribution < 1.29 is 40.3 Å². The second kappa shape index (κ2) is 5.31. The molecule has 2 aromatic rings. The van der Waals surface area contributed by atoms with E-state index in [4.69, 9.17) is 9.47 Å². The number of halogens is 1. The molecule has 0 aromatic heterocycles. The van der Waals surface area contributed by atoms with E-state index < -0.39 is 0 Å². The molecule has 5 heteroatoms. The molecule has 0 spiro atoms. The van der Waals surface area contributed by atoms with Crippen LogP contribution in [0.3, 0.4) is 0 Å². The number of hydrogen-bond donors (Lipinski definition) is 0. The first-order chi connectivity index (χ1) is 12.7. The van der Waals surface area contributed by atoms with E-state index >= 15 is 0 Å². The number of carbonyl (C=O) groups is 2. The van der Waals surface area contributed by atoms with Crippen LogP contribution in [0, 0.1) is 24.9 Å². The van der Waals surface area contributed by atoms with Crippen molar-refractivity contribution in [2.24, 2.45) is 17.8 Å².